The van der Waals surface area contributed by atoms with Crippen molar-refractivity contribution in [1.29, 1.82) is 0 Å². The number of ether oxygens (including phenoxy) is 1. The predicted molar refractivity (Wildman–Crippen MR) is 62.7 cm³/mol. The number of rotatable bonds is 7. The summed E-state index contributed by atoms with van der Waals surface area (Å²) in [6, 6.07) is -1.39. The molecule has 0 saturated heterocycles. The number of imidazole rings is 1. The number of carboxylic acid groups (broad SMARTS) is 1. The third kappa shape index (κ3) is 5.06. The Morgan fingerprint density at radius 1 is 1.58 bits per heavy atom. The third-order valence-corrected chi connectivity index (χ3v) is 3.39. The number of aliphatic carboxylic acids is 1. The predicted octanol–water partition coefficient (Wildman–Crippen LogP) is -1.50. The molecule has 3 N–H and O–H groups in total. The highest BCUT2D eigenvalue weighted by molar-refractivity contribution is 7.90. The normalized spacial score (nSPS) is 12.9. The Balaban J connectivity index is 2.73. The molecule has 1 aromatic rings. The Morgan fingerprint density at radius 3 is 2.74 bits per heavy atom. The number of aromatic amines is 1. The van der Waals surface area contributed by atoms with Gasteiger partial charge >= 0.3 is 11.9 Å². The molecule has 1 aromatic heterocycles. The van der Waals surface area contributed by atoms with Crippen molar-refractivity contribution in [3.8, 4) is 0 Å². The maximum absolute atomic E-state index is 11.5. The van der Waals surface area contributed by atoms with Crippen LogP contribution in [0.5, 0.6) is 0 Å². The first-order chi connectivity index (χ1) is 8.84. The second-order valence-corrected chi connectivity index (χ2v) is 5.38. The Labute approximate surface area is 109 Å². The third-order valence-electron chi connectivity index (χ3n) is 2.13. The van der Waals surface area contributed by atoms with Gasteiger partial charge in [0.05, 0.1) is 13.4 Å². The average molecular weight is 291 g/mol. The zero-order chi connectivity index (χ0) is 14.5. The molecule has 106 valence electrons. The second-order valence-electron chi connectivity index (χ2n) is 3.62. The molecule has 0 amide bonds. The Kier molecular flexibility index (Phi) is 5.01. The van der Waals surface area contributed by atoms with E-state index in [4.69, 9.17) is 5.11 Å². The van der Waals surface area contributed by atoms with Gasteiger partial charge in [0.15, 0.2) is 5.75 Å². The van der Waals surface area contributed by atoms with E-state index in [0.717, 1.165) is 7.11 Å². The molecule has 0 bridgehead atoms. The number of hydrogen-bond acceptors (Lipinski definition) is 6. The molecule has 0 fully saturated rings. The van der Waals surface area contributed by atoms with E-state index in [-0.39, 0.29) is 6.42 Å². The molecule has 0 spiro atoms. The summed E-state index contributed by atoms with van der Waals surface area (Å²) in [7, 11) is -3.04. The van der Waals surface area contributed by atoms with Crippen LogP contribution in [0.1, 0.15) is 5.69 Å². The number of sulfonamides is 1. The highest BCUT2D eigenvalue weighted by atomic mass is 32.2. The van der Waals surface area contributed by atoms with Crippen LogP contribution < -0.4 is 4.72 Å². The minimum atomic E-state index is -4.08. The van der Waals surface area contributed by atoms with Crippen molar-refractivity contribution in [2.24, 2.45) is 0 Å². The number of carbonyl (C=O) groups excluding carboxylic acids is 1. The quantitative estimate of drug-likeness (QED) is 0.519. The van der Waals surface area contributed by atoms with E-state index in [1.807, 2.05) is 4.72 Å². The van der Waals surface area contributed by atoms with Crippen LogP contribution >= 0.6 is 0 Å². The van der Waals surface area contributed by atoms with Gasteiger partial charge in [0.2, 0.25) is 10.0 Å². The summed E-state index contributed by atoms with van der Waals surface area (Å²) in [6.07, 6.45) is 2.61. The number of H-pyrrole nitrogens is 1. The summed E-state index contributed by atoms with van der Waals surface area (Å²) in [4.78, 5) is 28.2. The first kappa shape index (κ1) is 15.1. The van der Waals surface area contributed by atoms with Crippen LogP contribution in [0.2, 0.25) is 0 Å². The Hall–Kier alpha value is -1.94. The van der Waals surface area contributed by atoms with Crippen LogP contribution in [0.15, 0.2) is 12.5 Å². The molecule has 1 heterocycles. The van der Waals surface area contributed by atoms with Crippen LogP contribution in [0.25, 0.3) is 0 Å². The van der Waals surface area contributed by atoms with E-state index >= 15 is 0 Å². The standard InChI is InChI=1S/C9H13N3O6S/c1-18-8(13)4-19(16,17)12-7(9(14)15)2-6-3-10-5-11-6/h3,5,7,12H,2,4H2,1H3,(H,10,11)(H,14,15). The van der Waals surface area contributed by atoms with Gasteiger partial charge in [-0.1, -0.05) is 0 Å². The maximum Gasteiger partial charge on any atom is 0.322 e. The zero-order valence-electron chi connectivity index (χ0n) is 9.99. The van der Waals surface area contributed by atoms with Crippen molar-refractivity contribution in [3.63, 3.8) is 0 Å². The summed E-state index contributed by atoms with van der Waals surface area (Å²) in [5.41, 5.74) is 0.452. The molecule has 19 heavy (non-hydrogen) atoms. The summed E-state index contributed by atoms with van der Waals surface area (Å²) in [5.74, 6) is -3.27. The minimum absolute atomic E-state index is 0.115. The number of esters is 1. The van der Waals surface area contributed by atoms with Crippen LogP contribution in [0, 0.1) is 0 Å². The van der Waals surface area contributed by atoms with Crippen molar-refractivity contribution >= 4 is 22.0 Å². The Morgan fingerprint density at radius 2 is 2.26 bits per heavy atom. The average Bonchev–Trinajstić information content (AvgIpc) is 2.79. The van der Waals surface area contributed by atoms with Crippen molar-refractivity contribution in [2.45, 2.75) is 12.5 Å². The molecule has 9 nitrogen and oxygen atoms in total. The molecular weight excluding hydrogens is 278 g/mol. The Bertz CT molecular complexity index is 538. The fourth-order valence-corrected chi connectivity index (χ4v) is 2.40. The van der Waals surface area contributed by atoms with Gasteiger partial charge < -0.3 is 14.8 Å². The first-order valence-corrected chi connectivity index (χ1v) is 6.76. The van der Waals surface area contributed by atoms with E-state index in [9.17, 15) is 18.0 Å². The number of nitrogens with one attached hydrogen (secondary N) is 2. The smallest absolute Gasteiger partial charge is 0.322 e. The molecule has 10 heteroatoms. The lowest BCUT2D eigenvalue weighted by Crippen LogP contribution is -2.44. The molecular formula is C9H13N3O6S. The van der Waals surface area contributed by atoms with E-state index < -0.39 is 33.8 Å². The number of methoxy groups -OCH3 is 1. The fourth-order valence-electron chi connectivity index (χ4n) is 1.27. The van der Waals surface area contributed by atoms with Gasteiger partial charge in [0.1, 0.15) is 6.04 Å². The van der Waals surface area contributed by atoms with Gasteiger partial charge in [0, 0.05) is 18.3 Å². The van der Waals surface area contributed by atoms with Crippen LogP contribution in [0.4, 0.5) is 0 Å². The number of aromatic nitrogens is 2. The van der Waals surface area contributed by atoms with E-state index in [2.05, 4.69) is 14.7 Å². The van der Waals surface area contributed by atoms with Crippen molar-refractivity contribution in [3.05, 3.63) is 18.2 Å². The lowest BCUT2D eigenvalue weighted by molar-refractivity contribution is -0.139. The number of nitrogens with zero attached hydrogens (tertiary/aromatic N) is 1. The van der Waals surface area contributed by atoms with Gasteiger partial charge in [-0.25, -0.2) is 18.1 Å². The first-order valence-electron chi connectivity index (χ1n) is 5.11. The second kappa shape index (κ2) is 6.29. The van der Waals surface area contributed by atoms with Gasteiger partial charge in [-0.3, -0.25) is 9.59 Å². The number of hydrogen-bond donors (Lipinski definition) is 3. The molecule has 0 saturated carbocycles. The molecule has 1 atom stereocenters. The van der Waals surface area contributed by atoms with Crippen molar-refractivity contribution in [2.75, 3.05) is 12.9 Å². The van der Waals surface area contributed by atoms with Gasteiger partial charge in [0.25, 0.3) is 0 Å². The highest BCUT2D eigenvalue weighted by Gasteiger charge is 2.26. The van der Waals surface area contributed by atoms with Crippen molar-refractivity contribution in [1.82, 2.24) is 14.7 Å². The van der Waals surface area contributed by atoms with Crippen LogP contribution in [-0.2, 0) is 30.8 Å². The van der Waals surface area contributed by atoms with Gasteiger partial charge in [-0.2, -0.15) is 0 Å². The van der Waals surface area contributed by atoms with Gasteiger partial charge in [-0.15, -0.1) is 0 Å². The van der Waals surface area contributed by atoms with Gasteiger partial charge in [-0.05, 0) is 0 Å². The molecule has 0 aliphatic carbocycles. The molecule has 0 aliphatic rings. The summed E-state index contributed by atoms with van der Waals surface area (Å²) in [6.45, 7) is 0. The minimum Gasteiger partial charge on any atom is -0.480 e. The lowest BCUT2D eigenvalue weighted by atomic mass is 10.2. The van der Waals surface area contributed by atoms with Crippen LogP contribution in [0.3, 0.4) is 0 Å². The zero-order valence-corrected chi connectivity index (χ0v) is 10.8. The lowest BCUT2D eigenvalue weighted by Gasteiger charge is -2.13. The number of carbonyl (C=O) groups is 2. The van der Waals surface area contributed by atoms with E-state index in [1.54, 1.807) is 0 Å². The van der Waals surface area contributed by atoms with E-state index in [0.29, 0.717) is 5.69 Å². The number of carboxylic acids is 1. The highest BCUT2D eigenvalue weighted by Crippen LogP contribution is 2.01. The molecule has 1 unspecified atom stereocenters. The summed E-state index contributed by atoms with van der Waals surface area (Å²) < 4.78 is 29.2. The van der Waals surface area contributed by atoms with E-state index in [1.165, 1.54) is 12.5 Å². The largest absolute Gasteiger partial charge is 0.480 e. The topological polar surface area (TPSA) is 138 Å². The monoisotopic (exact) mass is 291 g/mol. The SMILES string of the molecule is COC(=O)CS(=O)(=O)NC(Cc1cnc[nH]1)C(=O)O. The van der Waals surface area contributed by atoms with Crippen molar-refractivity contribution < 1.29 is 27.9 Å². The molecule has 0 aromatic carbocycles. The summed E-state index contributed by atoms with van der Waals surface area (Å²) in [5, 5.41) is 8.95. The molecule has 1 rings (SSSR count). The molecule has 0 aliphatic heterocycles. The molecule has 0 radical (unpaired) electrons. The summed E-state index contributed by atoms with van der Waals surface area (Å²) >= 11 is 0. The fraction of sp³-hybridized carbons (Fsp3) is 0.444. The maximum atomic E-state index is 11.5. The van der Waals surface area contributed by atoms with Crippen LogP contribution in [-0.4, -0.2) is 54.3 Å².